The van der Waals surface area contributed by atoms with Gasteiger partial charge in [0, 0.05) is 25.6 Å². The molecule has 1 N–H and O–H groups in total. The number of benzene rings is 2. The molecular weight excluding hydrogens is 397 g/mol. The van der Waals surface area contributed by atoms with Crippen molar-refractivity contribution in [2.24, 2.45) is 5.92 Å². The molecule has 2 aliphatic heterocycles. The van der Waals surface area contributed by atoms with E-state index in [1.54, 1.807) is 17.0 Å². The number of nitrogens with one attached hydrogen (secondary N) is 1. The van der Waals surface area contributed by atoms with Crippen LogP contribution in [0.2, 0.25) is 0 Å². The summed E-state index contributed by atoms with van der Waals surface area (Å²) < 4.78 is 19.2. The molecule has 1 fully saturated rings. The first kappa shape index (κ1) is 21.2. The first-order valence-corrected chi connectivity index (χ1v) is 10.8. The number of halogens is 1. The highest BCUT2D eigenvalue weighted by Gasteiger charge is 2.33. The van der Waals surface area contributed by atoms with Crippen LogP contribution >= 0.6 is 0 Å². The number of carbonyl (C=O) groups excluding carboxylic acids is 2. The van der Waals surface area contributed by atoms with E-state index < -0.39 is 0 Å². The lowest BCUT2D eigenvalue weighted by Gasteiger charge is -2.39. The monoisotopic (exact) mass is 425 g/mol. The standard InChI is InChI=1S/C24H28FN3O3/c1-16-6-7-22-21(12-16)28(15-17(2)31-22)24(30)27-10-8-19(9-11-27)23(29)26-14-18-4-3-5-20(25)13-18/h3-7,12-13,17,19H,8-11,14-15H2,1-2H3,(H,26,29)/t17-/m1/s1. The minimum Gasteiger partial charge on any atom is -0.487 e. The number of rotatable bonds is 3. The smallest absolute Gasteiger partial charge is 0.324 e. The maximum absolute atomic E-state index is 13.3. The van der Waals surface area contributed by atoms with Gasteiger partial charge in [-0.15, -0.1) is 0 Å². The molecule has 0 radical (unpaired) electrons. The quantitative estimate of drug-likeness (QED) is 0.812. The van der Waals surface area contributed by atoms with Crippen LogP contribution in [0, 0.1) is 18.7 Å². The Morgan fingerprint density at radius 1 is 1.16 bits per heavy atom. The lowest BCUT2D eigenvalue weighted by molar-refractivity contribution is -0.126. The third-order valence-corrected chi connectivity index (χ3v) is 5.90. The Morgan fingerprint density at radius 3 is 2.68 bits per heavy atom. The normalized spacial score (nSPS) is 18.9. The number of hydrogen-bond acceptors (Lipinski definition) is 3. The van der Waals surface area contributed by atoms with Crippen molar-refractivity contribution in [3.63, 3.8) is 0 Å². The van der Waals surface area contributed by atoms with Crippen molar-refractivity contribution in [1.29, 1.82) is 0 Å². The van der Waals surface area contributed by atoms with Gasteiger partial charge in [0.25, 0.3) is 0 Å². The molecule has 2 aromatic rings. The van der Waals surface area contributed by atoms with Crippen molar-refractivity contribution in [1.82, 2.24) is 10.2 Å². The maximum Gasteiger partial charge on any atom is 0.324 e. The molecule has 0 aliphatic carbocycles. The zero-order valence-electron chi connectivity index (χ0n) is 17.9. The van der Waals surface area contributed by atoms with Crippen LogP contribution in [-0.4, -0.2) is 42.6 Å². The van der Waals surface area contributed by atoms with Crippen LogP contribution < -0.4 is 15.0 Å². The summed E-state index contributed by atoms with van der Waals surface area (Å²) in [5.74, 6) is 0.227. The minimum atomic E-state index is -0.312. The highest BCUT2D eigenvalue weighted by Crippen LogP contribution is 2.35. The predicted octanol–water partition coefficient (Wildman–Crippen LogP) is 3.87. The number of hydrogen-bond donors (Lipinski definition) is 1. The van der Waals surface area contributed by atoms with Crippen molar-refractivity contribution in [3.8, 4) is 5.75 Å². The number of aryl methyl sites for hydroxylation is 1. The molecule has 6 nitrogen and oxygen atoms in total. The number of anilines is 1. The SMILES string of the molecule is Cc1ccc2c(c1)N(C(=O)N1CCC(C(=O)NCc3cccc(F)c3)CC1)C[C@@H](C)O2. The summed E-state index contributed by atoms with van der Waals surface area (Å²) in [4.78, 5) is 29.4. The Hall–Kier alpha value is -3.09. The van der Waals surface area contributed by atoms with E-state index in [-0.39, 0.29) is 29.8 Å². The van der Waals surface area contributed by atoms with E-state index in [1.165, 1.54) is 12.1 Å². The van der Waals surface area contributed by atoms with Crippen molar-refractivity contribution in [3.05, 3.63) is 59.4 Å². The van der Waals surface area contributed by atoms with E-state index in [2.05, 4.69) is 5.32 Å². The number of fused-ring (bicyclic) bond motifs is 1. The second kappa shape index (κ2) is 8.96. The first-order valence-electron chi connectivity index (χ1n) is 10.8. The summed E-state index contributed by atoms with van der Waals surface area (Å²) in [6, 6.07) is 12.0. The van der Waals surface area contributed by atoms with Crippen molar-refractivity contribution in [2.75, 3.05) is 24.5 Å². The number of piperidine rings is 1. The highest BCUT2D eigenvalue weighted by atomic mass is 19.1. The van der Waals surface area contributed by atoms with Gasteiger partial charge in [0.15, 0.2) is 0 Å². The number of likely N-dealkylation sites (tertiary alicyclic amines) is 1. The fourth-order valence-electron chi connectivity index (χ4n) is 4.21. The molecule has 31 heavy (non-hydrogen) atoms. The molecule has 164 valence electrons. The van der Waals surface area contributed by atoms with Crippen LogP contribution in [0.4, 0.5) is 14.9 Å². The fraction of sp³-hybridized carbons (Fsp3) is 0.417. The Balaban J connectivity index is 1.34. The zero-order valence-corrected chi connectivity index (χ0v) is 17.9. The number of ether oxygens (including phenoxy) is 1. The Kier molecular flexibility index (Phi) is 6.11. The van der Waals surface area contributed by atoms with E-state index in [9.17, 15) is 14.0 Å². The first-order chi connectivity index (χ1) is 14.9. The molecule has 0 unspecified atom stereocenters. The molecule has 0 bridgehead atoms. The molecule has 0 aromatic heterocycles. The van der Waals surface area contributed by atoms with Gasteiger partial charge in [0.2, 0.25) is 5.91 Å². The van der Waals surface area contributed by atoms with Gasteiger partial charge in [-0.25, -0.2) is 9.18 Å². The topological polar surface area (TPSA) is 61.9 Å². The molecule has 2 aliphatic rings. The van der Waals surface area contributed by atoms with Gasteiger partial charge in [0.05, 0.1) is 12.2 Å². The van der Waals surface area contributed by atoms with Gasteiger partial charge in [-0.3, -0.25) is 9.69 Å². The summed E-state index contributed by atoms with van der Waals surface area (Å²) in [7, 11) is 0. The molecule has 1 saturated heterocycles. The van der Waals surface area contributed by atoms with Gasteiger partial charge in [-0.2, -0.15) is 0 Å². The molecule has 2 heterocycles. The second-order valence-electron chi connectivity index (χ2n) is 8.40. The van der Waals surface area contributed by atoms with E-state index in [0.29, 0.717) is 39.0 Å². The summed E-state index contributed by atoms with van der Waals surface area (Å²) in [6.07, 6.45) is 1.15. The number of urea groups is 1. The second-order valence-corrected chi connectivity index (χ2v) is 8.40. The van der Waals surface area contributed by atoms with Crippen LogP contribution in [0.5, 0.6) is 5.75 Å². The van der Waals surface area contributed by atoms with Crippen molar-refractivity contribution < 1.29 is 18.7 Å². The van der Waals surface area contributed by atoms with Gasteiger partial charge < -0.3 is 15.0 Å². The maximum atomic E-state index is 13.3. The van der Waals surface area contributed by atoms with Crippen LogP contribution in [0.15, 0.2) is 42.5 Å². The summed E-state index contributed by atoms with van der Waals surface area (Å²) in [5, 5.41) is 2.89. The van der Waals surface area contributed by atoms with Gasteiger partial charge in [0.1, 0.15) is 17.7 Å². The number of carbonyl (C=O) groups is 2. The minimum absolute atomic E-state index is 0.0411. The van der Waals surface area contributed by atoms with E-state index in [1.807, 2.05) is 36.9 Å². The summed E-state index contributed by atoms with van der Waals surface area (Å²) in [6.45, 7) is 5.82. The van der Waals surface area contributed by atoms with Crippen LogP contribution in [0.3, 0.4) is 0 Å². The van der Waals surface area contributed by atoms with E-state index in [4.69, 9.17) is 4.74 Å². The molecule has 2 aromatic carbocycles. The summed E-state index contributed by atoms with van der Waals surface area (Å²) >= 11 is 0. The molecule has 3 amide bonds. The Bertz CT molecular complexity index is 972. The molecule has 1 atom stereocenters. The van der Waals surface area contributed by atoms with Gasteiger partial charge >= 0.3 is 6.03 Å². The van der Waals surface area contributed by atoms with Gasteiger partial charge in [-0.05, 0) is 62.1 Å². The molecule has 0 spiro atoms. The van der Waals surface area contributed by atoms with E-state index >= 15 is 0 Å². The number of nitrogens with zero attached hydrogens (tertiary/aromatic N) is 2. The third kappa shape index (κ3) is 4.81. The Labute approximate surface area is 182 Å². The lowest BCUT2D eigenvalue weighted by atomic mass is 9.96. The Morgan fingerprint density at radius 2 is 1.94 bits per heavy atom. The van der Waals surface area contributed by atoms with Crippen molar-refractivity contribution >= 4 is 17.6 Å². The average molecular weight is 426 g/mol. The summed E-state index contributed by atoms with van der Waals surface area (Å²) in [5.41, 5.74) is 2.61. The predicted molar refractivity (Wildman–Crippen MR) is 117 cm³/mol. The van der Waals surface area contributed by atoms with Crippen molar-refractivity contribution in [2.45, 2.75) is 39.3 Å². The molecule has 0 saturated carbocycles. The van der Waals surface area contributed by atoms with Crippen LogP contribution in [0.25, 0.3) is 0 Å². The largest absolute Gasteiger partial charge is 0.487 e. The van der Waals surface area contributed by atoms with Gasteiger partial charge in [-0.1, -0.05) is 18.2 Å². The van der Waals surface area contributed by atoms with E-state index in [0.717, 1.165) is 22.6 Å². The van der Waals surface area contributed by atoms with Crippen LogP contribution in [0.1, 0.15) is 30.9 Å². The van der Waals surface area contributed by atoms with Crippen LogP contribution in [-0.2, 0) is 11.3 Å². The molecule has 4 rings (SSSR count). The third-order valence-electron chi connectivity index (χ3n) is 5.90. The highest BCUT2D eigenvalue weighted by molar-refractivity contribution is 5.94. The molecule has 7 heteroatoms. The fourth-order valence-corrected chi connectivity index (χ4v) is 4.21. The average Bonchev–Trinajstić information content (AvgIpc) is 2.77. The zero-order chi connectivity index (χ0) is 22.0. The lowest BCUT2D eigenvalue weighted by Crippen LogP contribution is -2.52. The number of amides is 3. The molecular formula is C24H28FN3O3.